The molecule has 162 valence electrons. The van der Waals surface area contributed by atoms with Crippen LogP contribution in [0.4, 0.5) is 15.3 Å². The lowest BCUT2D eigenvalue weighted by atomic mass is 9.95. The Hall–Kier alpha value is -1.80. The van der Waals surface area contributed by atoms with Crippen LogP contribution in [0.1, 0.15) is 59.4 Å². The summed E-state index contributed by atoms with van der Waals surface area (Å²) in [6, 6.07) is 3.21. The molecule has 0 heterocycles. The zero-order valence-corrected chi connectivity index (χ0v) is 19.9. The van der Waals surface area contributed by atoms with E-state index in [1.165, 1.54) is 0 Å². The zero-order chi connectivity index (χ0) is 22.6. The molecule has 1 aromatic rings. The summed E-state index contributed by atoms with van der Waals surface area (Å²) < 4.78 is 11.2. The maximum atomic E-state index is 12.6. The average molecular weight is 492 g/mol. The number of benzene rings is 1. The van der Waals surface area contributed by atoms with Gasteiger partial charge in [-0.3, -0.25) is 0 Å². The number of carbonyl (C=O) groups excluding carboxylic acids is 3. The molecular formula is C20H28BrClN2O5. The summed E-state index contributed by atoms with van der Waals surface area (Å²) in [6.45, 7) is 10.0. The molecule has 1 rings (SSSR count). The van der Waals surface area contributed by atoms with E-state index in [0.29, 0.717) is 27.0 Å². The van der Waals surface area contributed by atoms with Gasteiger partial charge >= 0.3 is 12.2 Å². The zero-order valence-electron chi connectivity index (χ0n) is 17.5. The van der Waals surface area contributed by atoms with Gasteiger partial charge in [-0.15, -0.1) is 0 Å². The number of carbonyl (C=O) groups is 3. The van der Waals surface area contributed by atoms with Crippen LogP contribution in [0, 0.1) is 0 Å². The normalized spacial score (nSPS) is 12.8. The van der Waals surface area contributed by atoms with Crippen LogP contribution in [0.3, 0.4) is 0 Å². The minimum atomic E-state index is -0.850. The fourth-order valence-corrected chi connectivity index (χ4v) is 3.20. The van der Waals surface area contributed by atoms with E-state index in [1.54, 1.807) is 53.7 Å². The van der Waals surface area contributed by atoms with Crippen LogP contribution in [0.15, 0.2) is 16.6 Å². The largest absolute Gasteiger partial charge is 0.443 e. The third kappa shape index (κ3) is 8.22. The molecule has 0 saturated carbocycles. The van der Waals surface area contributed by atoms with Crippen molar-refractivity contribution < 1.29 is 23.9 Å². The highest BCUT2D eigenvalue weighted by Crippen LogP contribution is 2.33. The topological polar surface area (TPSA) is 98.9 Å². The highest BCUT2D eigenvalue weighted by Gasteiger charge is 2.32. The second-order valence-corrected chi connectivity index (χ2v) is 9.82. The molecular weight excluding hydrogens is 464 g/mol. The van der Waals surface area contributed by atoms with Gasteiger partial charge in [0, 0.05) is 27.6 Å². The number of anilines is 1. The first kappa shape index (κ1) is 25.2. The standard InChI is InChI=1S/C20H28BrClN2O5/c1-19(2,3)28-17(26)24(18(27)29-20(4,5)6)8-7-12(11-25)14-9-13(22)10-15(21)16(14)23/h9-12H,7-8,23H2,1-6H3. The fraction of sp³-hybridized carbons (Fsp3) is 0.550. The molecule has 0 bridgehead atoms. The number of nitrogen functional groups attached to an aromatic ring is 1. The van der Waals surface area contributed by atoms with Crippen molar-refractivity contribution in [2.24, 2.45) is 0 Å². The first-order chi connectivity index (χ1) is 13.1. The number of imide groups is 1. The Morgan fingerprint density at radius 2 is 1.62 bits per heavy atom. The second kappa shape index (κ2) is 9.80. The predicted octanol–water partition coefficient (Wildman–Crippen LogP) is 5.53. The SMILES string of the molecule is CC(C)(C)OC(=O)N(CCC(C=O)c1cc(Cl)cc(Br)c1N)C(=O)OC(C)(C)C. The molecule has 0 radical (unpaired) electrons. The Kier molecular flexibility index (Phi) is 8.53. The number of hydrogen-bond acceptors (Lipinski definition) is 6. The number of rotatable bonds is 5. The third-order valence-corrected chi connectivity index (χ3v) is 4.46. The van der Waals surface area contributed by atoms with Crippen LogP contribution in [0.25, 0.3) is 0 Å². The summed E-state index contributed by atoms with van der Waals surface area (Å²) >= 11 is 9.37. The number of aldehydes is 1. The predicted molar refractivity (Wildman–Crippen MR) is 116 cm³/mol. The lowest BCUT2D eigenvalue weighted by Gasteiger charge is -2.29. The van der Waals surface area contributed by atoms with Gasteiger partial charge < -0.3 is 20.0 Å². The van der Waals surface area contributed by atoms with E-state index in [0.717, 1.165) is 4.90 Å². The number of amides is 2. The van der Waals surface area contributed by atoms with E-state index in [-0.39, 0.29) is 13.0 Å². The molecule has 1 aromatic carbocycles. The molecule has 7 nitrogen and oxygen atoms in total. The summed E-state index contributed by atoms with van der Waals surface area (Å²) in [4.78, 5) is 37.7. The van der Waals surface area contributed by atoms with Gasteiger partial charge in [-0.25, -0.2) is 14.5 Å². The monoisotopic (exact) mass is 490 g/mol. The van der Waals surface area contributed by atoms with E-state index in [1.807, 2.05) is 0 Å². The third-order valence-electron chi connectivity index (χ3n) is 3.58. The van der Waals surface area contributed by atoms with Crippen molar-refractivity contribution in [1.82, 2.24) is 4.90 Å². The van der Waals surface area contributed by atoms with E-state index >= 15 is 0 Å². The highest BCUT2D eigenvalue weighted by molar-refractivity contribution is 9.10. The molecule has 29 heavy (non-hydrogen) atoms. The van der Waals surface area contributed by atoms with Crippen molar-refractivity contribution in [2.75, 3.05) is 12.3 Å². The average Bonchev–Trinajstić information content (AvgIpc) is 2.51. The van der Waals surface area contributed by atoms with Gasteiger partial charge in [0.05, 0.1) is 0 Å². The molecule has 0 aromatic heterocycles. The van der Waals surface area contributed by atoms with Crippen LogP contribution in [0.5, 0.6) is 0 Å². The Bertz CT molecular complexity index is 743. The van der Waals surface area contributed by atoms with Crippen LogP contribution >= 0.6 is 27.5 Å². The summed E-state index contributed by atoms with van der Waals surface area (Å²) in [7, 11) is 0. The van der Waals surface area contributed by atoms with E-state index < -0.39 is 29.3 Å². The molecule has 0 aliphatic heterocycles. The molecule has 9 heteroatoms. The maximum Gasteiger partial charge on any atom is 0.419 e. The highest BCUT2D eigenvalue weighted by atomic mass is 79.9. The van der Waals surface area contributed by atoms with Gasteiger partial charge in [0.1, 0.15) is 17.5 Å². The number of nitrogens with zero attached hydrogens (tertiary/aromatic N) is 1. The Morgan fingerprint density at radius 3 is 2.03 bits per heavy atom. The lowest BCUT2D eigenvalue weighted by molar-refractivity contribution is -0.109. The van der Waals surface area contributed by atoms with Crippen LogP contribution in [-0.2, 0) is 14.3 Å². The minimum absolute atomic E-state index is 0.100. The molecule has 0 spiro atoms. The molecule has 0 saturated heterocycles. The number of ether oxygens (including phenoxy) is 2. The van der Waals surface area contributed by atoms with E-state index in [9.17, 15) is 14.4 Å². The molecule has 0 aliphatic rings. The van der Waals surface area contributed by atoms with Crippen LogP contribution < -0.4 is 5.73 Å². The molecule has 0 aliphatic carbocycles. The summed E-state index contributed by atoms with van der Waals surface area (Å²) in [5.74, 6) is -0.683. The number of halogens is 2. The van der Waals surface area contributed by atoms with Gasteiger partial charge in [-0.1, -0.05) is 11.6 Å². The van der Waals surface area contributed by atoms with Gasteiger partial charge in [0.15, 0.2) is 0 Å². The maximum absolute atomic E-state index is 12.6. The molecule has 0 fully saturated rings. The van der Waals surface area contributed by atoms with E-state index in [4.69, 9.17) is 26.8 Å². The minimum Gasteiger partial charge on any atom is -0.443 e. The van der Waals surface area contributed by atoms with Crippen molar-refractivity contribution in [1.29, 1.82) is 0 Å². The van der Waals surface area contributed by atoms with Crippen molar-refractivity contribution in [3.05, 3.63) is 27.2 Å². The van der Waals surface area contributed by atoms with Crippen LogP contribution in [0.2, 0.25) is 5.02 Å². The van der Waals surface area contributed by atoms with Gasteiger partial charge in [0.2, 0.25) is 0 Å². The van der Waals surface area contributed by atoms with Crippen molar-refractivity contribution in [2.45, 2.75) is 65.1 Å². The van der Waals surface area contributed by atoms with Crippen molar-refractivity contribution in [3.63, 3.8) is 0 Å². The second-order valence-electron chi connectivity index (χ2n) is 8.53. The summed E-state index contributed by atoms with van der Waals surface area (Å²) in [6.07, 6.45) is -0.871. The van der Waals surface area contributed by atoms with Crippen molar-refractivity contribution >= 4 is 51.7 Å². The lowest BCUT2D eigenvalue weighted by Crippen LogP contribution is -2.44. The Balaban J connectivity index is 3.10. The van der Waals surface area contributed by atoms with Gasteiger partial charge in [-0.05, 0) is 81.6 Å². The molecule has 1 atom stereocenters. The van der Waals surface area contributed by atoms with Crippen LogP contribution in [-0.4, -0.2) is 41.1 Å². The Labute approximate surface area is 185 Å². The summed E-state index contributed by atoms with van der Waals surface area (Å²) in [5, 5.41) is 0.407. The van der Waals surface area contributed by atoms with Crippen molar-refractivity contribution in [3.8, 4) is 0 Å². The summed E-state index contributed by atoms with van der Waals surface area (Å²) in [5.41, 5.74) is 5.33. The van der Waals surface area contributed by atoms with Gasteiger partial charge in [-0.2, -0.15) is 0 Å². The fourth-order valence-electron chi connectivity index (χ4n) is 2.37. The quantitative estimate of drug-likeness (QED) is 0.429. The number of nitrogens with two attached hydrogens (primary N) is 1. The molecule has 1 unspecified atom stereocenters. The van der Waals surface area contributed by atoms with Gasteiger partial charge in [0.25, 0.3) is 0 Å². The first-order valence-corrected chi connectivity index (χ1v) is 10.2. The molecule has 2 amide bonds. The Morgan fingerprint density at radius 1 is 1.14 bits per heavy atom. The smallest absolute Gasteiger partial charge is 0.419 e. The van der Waals surface area contributed by atoms with E-state index in [2.05, 4.69) is 15.9 Å². The number of hydrogen-bond donors (Lipinski definition) is 1. The molecule has 2 N–H and O–H groups in total. The first-order valence-electron chi connectivity index (χ1n) is 9.08.